The number of carbonyl (C=O) groups excluding carboxylic acids is 9. The topological polar surface area (TPSA) is 345 Å². The molecule has 23 heteroatoms. The van der Waals surface area contributed by atoms with Gasteiger partial charge in [0.2, 0.25) is 47.3 Å². The van der Waals surface area contributed by atoms with E-state index in [2.05, 4.69) is 42.5 Å². The van der Waals surface area contributed by atoms with Crippen molar-refractivity contribution in [3.63, 3.8) is 0 Å². The number of unbranched alkanes of at least 4 members (excludes halogenated alkanes) is 2. The summed E-state index contributed by atoms with van der Waals surface area (Å²) in [4.78, 5) is 122. The Morgan fingerprint density at radius 2 is 1.48 bits per heavy atom. The minimum Gasteiger partial charge on any atom is -0.481 e. The lowest BCUT2D eigenvalue weighted by Crippen LogP contribution is -2.55. The summed E-state index contributed by atoms with van der Waals surface area (Å²) in [5, 5.41) is 38.7. The van der Waals surface area contributed by atoms with Crippen LogP contribution in [-0.4, -0.2) is 130 Å². The summed E-state index contributed by atoms with van der Waals surface area (Å²) < 4.78 is 0. The molecule has 0 aliphatic carbocycles. The van der Waals surface area contributed by atoms with Gasteiger partial charge >= 0.3 is 12.0 Å². The van der Waals surface area contributed by atoms with Crippen molar-refractivity contribution >= 4 is 71.0 Å². The highest BCUT2D eigenvalue weighted by molar-refractivity contribution is 8.00. The molecule has 0 aromatic carbocycles. The van der Waals surface area contributed by atoms with E-state index in [1.54, 1.807) is 13.8 Å². The summed E-state index contributed by atoms with van der Waals surface area (Å²) in [6, 6.07) is -3.28. The first-order valence-electron chi connectivity index (χ1n) is 19.2. The van der Waals surface area contributed by atoms with Crippen LogP contribution in [0.3, 0.4) is 0 Å². The third-order valence-corrected chi connectivity index (χ3v) is 10.8. The SMILES string of the molecule is CC(C)C[C@H](NC(=O)[C@H](C)NC(=O)C(CC(=O)O)CC(=O)NO)C(=O)NCC(=O)NCC(=O)N[C@@H](CCCCNC(=O)CCCC[C@@H]1SC[C@@H]2NC(=O)N[C@@H]21)C(N)=O. The van der Waals surface area contributed by atoms with Crippen LogP contribution in [0.1, 0.15) is 85.0 Å². The van der Waals surface area contributed by atoms with E-state index in [0.29, 0.717) is 31.1 Å². The number of hydrogen-bond acceptors (Lipinski definition) is 12. The van der Waals surface area contributed by atoms with Gasteiger partial charge in [0.25, 0.3) is 0 Å². The maximum atomic E-state index is 12.9. The predicted octanol–water partition coefficient (Wildman–Crippen LogP) is -2.78. The van der Waals surface area contributed by atoms with Crippen molar-refractivity contribution in [1.82, 2.24) is 48.0 Å². The molecule has 13 N–H and O–H groups in total. The first kappa shape index (κ1) is 49.0. The Hall–Kier alpha value is -5.19. The van der Waals surface area contributed by atoms with Gasteiger partial charge in [0, 0.05) is 30.4 Å². The number of fused-ring (bicyclic) bond motifs is 1. The minimum atomic E-state index is -1.40. The van der Waals surface area contributed by atoms with Gasteiger partial charge in [-0.05, 0) is 51.4 Å². The number of amides is 10. The van der Waals surface area contributed by atoms with Crippen LogP contribution in [-0.2, 0) is 43.2 Å². The van der Waals surface area contributed by atoms with Gasteiger partial charge in [-0.3, -0.25) is 48.4 Å². The van der Waals surface area contributed by atoms with Gasteiger partial charge in [-0.2, -0.15) is 11.8 Å². The van der Waals surface area contributed by atoms with Crippen molar-refractivity contribution in [2.45, 2.75) is 120 Å². The quantitative estimate of drug-likeness (QED) is 0.0173. The molecule has 22 nitrogen and oxygen atoms in total. The molecule has 2 heterocycles. The third kappa shape index (κ3) is 18.4. The van der Waals surface area contributed by atoms with Crippen molar-refractivity contribution in [2.24, 2.45) is 17.6 Å². The number of thioether (sulfide) groups is 1. The van der Waals surface area contributed by atoms with Crippen LogP contribution in [0, 0.1) is 11.8 Å². The van der Waals surface area contributed by atoms with E-state index in [9.17, 15) is 47.9 Å². The number of nitrogens with two attached hydrogens (primary N) is 1. The molecule has 0 aromatic heterocycles. The summed E-state index contributed by atoms with van der Waals surface area (Å²) in [7, 11) is 0. The molecule has 0 spiro atoms. The Morgan fingerprint density at radius 1 is 0.776 bits per heavy atom. The Bertz CT molecular complexity index is 1500. The fourth-order valence-corrected chi connectivity index (χ4v) is 7.80. The number of hydrogen-bond donors (Lipinski definition) is 12. The molecule has 2 rings (SSSR count). The van der Waals surface area contributed by atoms with E-state index in [1.165, 1.54) is 12.4 Å². The van der Waals surface area contributed by atoms with Crippen LogP contribution in [0.25, 0.3) is 0 Å². The number of carboxylic acid groups (broad SMARTS) is 1. The minimum absolute atomic E-state index is 0.0888. The third-order valence-electron chi connectivity index (χ3n) is 9.31. The summed E-state index contributed by atoms with van der Waals surface area (Å²) in [5.41, 5.74) is 6.76. The van der Waals surface area contributed by atoms with Crippen LogP contribution in [0.5, 0.6) is 0 Å². The number of primary amides is 1. The molecular formula is C35H58N10O12S. The average molecular weight is 843 g/mol. The van der Waals surface area contributed by atoms with Crippen LogP contribution in [0.15, 0.2) is 0 Å². The Kier molecular flexibility index (Phi) is 21.3. The lowest BCUT2D eigenvalue weighted by molar-refractivity contribution is -0.143. The van der Waals surface area contributed by atoms with Gasteiger partial charge in [0.05, 0.1) is 37.5 Å². The van der Waals surface area contributed by atoms with Crippen LogP contribution >= 0.6 is 11.8 Å². The van der Waals surface area contributed by atoms with Crippen molar-refractivity contribution in [2.75, 3.05) is 25.4 Å². The number of nitrogens with one attached hydrogen (secondary N) is 9. The number of urea groups is 1. The Morgan fingerprint density at radius 3 is 2.14 bits per heavy atom. The molecule has 0 saturated carbocycles. The molecule has 1 unspecified atom stereocenters. The second kappa shape index (κ2) is 25.2. The van der Waals surface area contributed by atoms with E-state index in [1.807, 2.05) is 11.8 Å². The highest BCUT2D eigenvalue weighted by atomic mass is 32.2. The molecule has 2 saturated heterocycles. The molecule has 0 aromatic rings. The predicted molar refractivity (Wildman–Crippen MR) is 207 cm³/mol. The zero-order valence-corrected chi connectivity index (χ0v) is 33.8. The molecule has 2 aliphatic rings. The van der Waals surface area contributed by atoms with E-state index < -0.39 is 97.3 Å². The van der Waals surface area contributed by atoms with Gasteiger partial charge in [-0.15, -0.1) is 0 Å². The van der Waals surface area contributed by atoms with E-state index >= 15 is 0 Å². The molecule has 326 valence electrons. The summed E-state index contributed by atoms with van der Waals surface area (Å²) in [6.07, 6.45) is 2.76. The van der Waals surface area contributed by atoms with Crippen molar-refractivity contribution in [3.8, 4) is 0 Å². The Balaban J connectivity index is 1.68. The number of rotatable bonds is 27. The van der Waals surface area contributed by atoms with Crippen LogP contribution < -0.4 is 53.7 Å². The monoisotopic (exact) mass is 842 g/mol. The molecule has 10 amide bonds. The largest absolute Gasteiger partial charge is 0.481 e. The van der Waals surface area contributed by atoms with Gasteiger partial charge in [0.1, 0.15) is 18.1 Å². The van der Waals surface area contributed by atoms with Gasteiger partial charge in [-0.1, -0.05) is 20.3 Å². The zero-order valence-electron chi connectivity index (χ0n) is 33.0. The number of hydroxylamine groups is 1. The van der Waals surface area contributed by atoms with E-state index in [4.69, 9.17) is 16.0 Å². The lowest BCUT2D eigenvalue weighted by atomic mass is 9.99. The van der Waals surface area contributed by atoms with Crippen molar-refractivity contribution in [3.05, 3.63) is 0 Å². The normalized spacial score (nSPS) is 18.8. The first-order chi connectivity index (χ1) is 27.4. The van der Waals surface area contributed by atoms with Gasteiger partial charge < -0.3 is 53.4 Å². The summed E-state index contributed by atoms with van der Waals surface area (Å²) in [5.74, 6) is -7.87. The molecule has 0 bridgehead atoms. The zero-order chi connectivity index (χ0) is 43.4. The molecule has 2 fully saturated rings. The standard InChI is InChI=1S/C35H58N10O12S/c1-18(2)12-22(42-32(53)19(3)40-33(54)20(14-29(50)51)13-26(47)45-57)34(55)39-15-27(48)38-16-28(49)41-21(31(36)52)8-6-7-11-37-25(46)10-5-4-9-24-30-23(17-58-24)43-35(56)44-30/h18-24,30,57H,4-17H2,1-3H3,(H2,36,52)(H,37,46)(H,38,48)(H,39,55)(H,40,54)(H,41,49)(H,42,53)(H,45,47)(H,50,51)(H2,43,44,56)/t19-,20?,21-,22-,23-,24-,30-/m0/s1. The summed E-state index contributed by atoms with van der Waals surface area (Å²) >= 11 is 1.83. The molecule has 7 atom stereocenters. The smallest absolute Gasteiger partial charge is 0.315 e. The lowest BCUT2D eigenvalue weighted by Gasteiger charge is -2.23. The van der Waals surface area contributed by atoms with Crippen molar-refractivity contribution < 1.29 is 58.3 Å². The van der Waals surface area contributed by atoms with Gasteiger partial charge in [-0.25, -0.2) is 10.3 Å². The van der Waals surface area contributed by atoms with E-state index in [-0.39, 0.29) is 42.8 Å². The molecule has 0 radical (unpaired) electrons. The average Bonchev–Trinajstić information content (AvgIpc) is 3.71. The number of carboxylic acids is 1. The second-order valence-electron chi connectivity index (χ2n) is 14.7. The first-order valence-corrected chi connectivity index (χ1v) is 20.3. The van der Waals surface area contributed by atoms with Crippen LogP contribution in [0.4, 0.5) is 4.79 Å². The van der Waals surface area contributed by atoms with Gasteiger partial charge in [0.15, 0.2) is 0 Å². The fraction of sp³-hybridized carbons (Fsp3) is 0.714. The molecular weight excluding hydrogens is 785 g/mol. The van der Waals surface area contributed by atoms with Crippen LogP contribution in [0.2, 0.25) is 0 Å². The second-order valence-corrected chi connectivity index (χ2v) is 16.0. The number of aliphatic carboxylic acids is 1. The molecule has 58 heavy (non-hydrogen) atoms. The maximum Gasteiger partial charge on any atom is 0.315 e. The highest BCUT2D eigenvalue weighted by Gasteiger charge is 2.42. The van der Waals surface area contributed by atoms with E-state index in [0.717, 1.165) is 25.0 Å². The Labute approximate surface area is 340 Å². The highest BCUT2D eigenvalue weighted by Crippen LogP contribution is 2.33. The number of carbonyl (C=O) groups is 10. The maximum absolute atomic E-state index is 12.9. The molecule has 2 aliphatic heterocycles. The fourth-order valence-electron chi connectivity index (χ4n) is 6.26. The summed E-state index contributed by atoms with van der Waals surface area (Å²) in [6.45, 7) is 4.09. The van der Waals surface area contributed by atoms with Crippen molar-refractivity contribution in [1.29, 1.82) is 0 Å².